The van der Waals surface area contributed by atoms with Crippen molar-refractivity contribution in [2.24, 2.45) is 47.3 Å². The summed E-state index contributed by atoms with van der Waals surface area (Å²) >= 11 is 0. The molecule has 0 amide bonds. The van der Waals surface area contributed by atoms with E-state index in [1.54, 1.807) is 55.4 Å². The first-order valence-corrected chi connectivity index (χ1v) is 29.5. The molecule has 4 aliphatic heterocycles. The zero-order valence-electron chi connectivity index (χ0n) is 51.2. The summed E-state index contributed by atoms with van der Waals surface area (Å²) in [6, 6.07) is -1.16. The Hall–Kier alpha value is -1.78. The van der Waals surface area contributed by atoms with Crippen molar-refractivity contribution < 1.29 is 99.3 Å². The maximum Gasteiger partial charge on any atom is 0.311 e. The van der Waals surface area contributed by atoms with Crippen LogP contribution in [0.2, 0.25) is 0 Å². The van der Waals surface area contributed by atoms with Crippen LogP contribution in [0.25, 0.3) is 0 Å². The van der Waals surface area contributed by atoms with E-state index in [-0.39, 0.29) is 25.7 Å². The molecule has 4 rings (SSSR count). The molecule has 22 heteroatoms. The molecule has 12 N–H and O–H groups in total. The zero-order valence-corrected chi connectivity index (χ0v) is 51.2. The molecule has 22 nitrogen and oxygen atoms in total. The topological polar surface area (TPSA) is 339 Å². The summed E-state index contributed by atoms with van der Waals surface area (Å²) in [4.78, 5) is 31.2. The average Bonchev–Trinajstić information content (AvgIpc) is 3.39. The fourth-order valence-corrected chi connectivity index (χ4v) is 13.7. The summed E-state index contributed by atoms with van der Waals surface area (Å²) in [6.45, 7) is 25.9. The second-order valence-corrected chi connectivity index (χ2v) is 26.4. The van der Waals surface area contributed by atoms with Gasteiger partial charge in [0, 0.05) is 48.8 Å². The Labute approximate surface area is 476 Å². The highest BCUT2D eigenvalue weighted by Gasteiger charge is 2.54. The average molecular weight is 1150 g/mol. The molecule has 0 radical (unpaired) electrons. The van der Waals surface area contributed by atoms with Gasteiger partial charge >= 0.3 is 11.9 Å². The Morgan fingerprint density at radius 1 is 0.487 bits per heavy atom. The zero-order chi connectivity index (χ0) is 61.2. The molecule has 0 aromatic heterocycles. The molecule has 0 unspecified atom stereocenters. The van der Waals surface area contributed by atoms with Crippen molar-refractivity contribution in [1.29, 1.82) is 0 Å². The molecule has 4 fully saturated rings. The summed E-state index contributed by atoms with van der Waals surface area (Å²) in [5, 5.41) is 142. The molecule has 0 bridgehead atoms. The Kier molecular flexibility index (Phi) is 24.9. The van der Waals surface area contributed by atoms with Crippen molar-refractivity contribution in [2.75, 3.05) is 27.2 Å². The number of aliphatic hydroxyl groups excluding tert-OH is 8. The molecule has 0 saturated carbocycles. The van der Waals surface area contributed by atoms with Gasteiger partial charge < -0.3 is 89.7 Å². The standard InChI is InChI=1S/C58H108N2O20/c1-19-39-57(15,73)47(67)31(7)41(61)27(3)25-55(13,71)49(33(9)43(63)35(11)51(69)77-39)79-53-45(65)37(23-29(5)75-53)59(17)21-22-60(18)38-24-30(6)76-54(46(38)66)80-50-34(10)44(64)36(12)52(70)78-40(20-2)58(16,74)48(68)32(8)42(62)28(4)26-56(50,14)72/h27-50,53-54,61-68,71-74H,19-26H2,1-18H3/t27-,28-,29-,30-,31+,32+,33+,34+,35-,36-,37+,38+,39-,40-,41+,42+,43+,44+,45-,46-,47-,48-,49-,50-,53+,54+,55-,56-,57-,58-/m1/s1. The first kappa shape index (κ1) is 70.7. The van der Waals surface area contributed by atoms with Crippen molar-refractivity contribution in [3.05, 3.63) is 0 Å². The largest absolute Gasteiger partial charge is 0.459 e. The van der Waals surface area contributed by atoms with E-state index in [9.17, 15) is 70.9 Å². The van der Waals surface area contributed by atoms with E-state index in [1.165, 1.54) is 41.5 Å². The van der Waals surface area contributed by atoms with Gasteiger partial charge in [-0.05, 0) is 120 Å². The number of hydrogen-bond donors (Lipinski definition) is 12. The van der Waals surface area contributed by atoms with Crippen molar-refractivity contribution >= 4 is 11.9 Å². The van der Waals surface area contributed by atoms with Gasteiger partial charge in [0.05, 0.1) is 84.1 Å². The van der Waals surface area contributed by atoms with Crippen LogP contribution in [0, 0.1) is 47.3 Å². The van der Waals surface area contributed by atoms with Crippen molar-refractivity contribution in [3.63, 3.8) is 0 Å². The third kappa shape index (κ3) is 15.8. The van der Waals surface area contributed by atoms with E-state index in [4.69, 9.17) is 28.4 Å². The predicted octanol–water partition coefficient (Wildman–Crippen LogP) is 1.06. The molecule has 470 valence electrons. The fourth-order valence-electron chi connectivity index (χ4n) is 13.7. The molecule has 0 spiro atoms. The number of likely N-dealkylation sites (N-methyl/N-ethyl adjacent to an activating group) is 2. The highest BCUT2D eigenvalue weighted by Crippen LogP contribution is 2.41. The molecule has 0 aromatic rings. The number of carbonyl (C=O) groups is 2. The molecular formula is C58H108N2O20. The van der Waals surface area contributed by atoms with Crippen molar-refractivity contribution in [3.8, 4) is 0 Å². The van der Waals surface area contributed by atoms with Gasteiger partial charge in [0.15, 0.2) is 12.6 Å². The molecule has 0 aromatic carbocycles. The van der Waals surface area contributed by atoms with E-state index in [2.05, 4.69) is 0 Å². The van der Waals surface area contributed by atoms with Gasteiger partial charge in [-0.3, -0.25) is 19.4 Å². The Morgan fingerprint density at radius 2 is 0.787 bits per heavy atom. The number of aliphatic hydroxyl groups is 12. The molecule has 4 heterocycles. The lowest BCUT2D eigenvalue weighted by Gasteiger charge is -2.48. The lowest BCUT2D eigenvalue weighted by atomic mass is 9.73. The van der Waals surface area contributed by atoms with Crippen LogP contribution in [-0.4, -0.2) is 243 Å². The van der Waals surface area contributed by atoms with E-state index in [0.29, 0.717) is 25.9 Å². The minimum Gasteiger partial charge on any atom is -0.459 e. The summed E-state index contributed by atoms with van der Waals surface area (Å²) < 4.78 is 37.1. The number of cyclic esters (lactones) is 2. The Balaban J connectivity index is 1.56. The Morgan fingerprint density at radius 3 is 1.07 bits per heavy atom. The van der Waals surface area contributed by atoms with Crippen LogP contribution in [0.1, 0.15) is 149 Å². The SMILES string of the molecule is CC[C@H]1OC(=O)[C@H](C)[C@@H](O)[C@H](C)[C@@H](O[C@@H]2O[C@H](C)C[C@H](N(C)CCN(C)[C@H]3C[C@@H](C)O[C@@H](O[C@@H]4[C@@H](C)[C@H](O)[C@@H](C)C(=O)O[C@H](CC)[C@@](C)(O)[C@H](O)[C@@H](C)[C@@H](O)[C@H](C)C[C@@]4(C)O)[C@@H]3O)[C@H]2O)[C@](C)(O)C[C@@H](C)[C@H](O)[C@H](C)[C@@H](O)[C@]1(C)O. The van der Waals surface area contributed by atoms with Gasteiger partial charge in [0.2, 0.25) is 0 Å². The predicted molar refractivity (Wildman–Crippen MR) is 294 cm³/mol. The monoisotopic (exact) mass is 1150 g/mol. The van der Waals surface area contributed by atoms with Crippen LogP contribution < -0.4 is 0 Å². The highest BCUT2D eigenvalue weighted by molar-refractivity contribution is 5.73. The maximum atomic E-state index is 13.6. The number of esters is 2. The first-order valence-electron chi connectivity index (χ1n) is 29.5. The van der Waals surface area contributed by atoms with E-state index >= 15 is 0 Å². The third-order valence-corrected chi connectivity index (χ3v) is 19.2. The summed E-state index contributed by atoms with van der Waals surface area (Å²) in [7, 11) is 3.65. The molecule has 0 aliphatic carbocycles. The number of ether oxygens (including phenoxy) is 6. The van der Waals surface area contributed by atoms with Gasteiger partial charge in [0.1, 0.15) is 35.6 Å². The van der Waals surface area contributed by atoms with Crippen LogP contribution in [0.3, 0.4) is 0 Å². The van der Waals surface area contributed by atoms with Crippen LogP contribution in [-0.2, 0) is 38.0 Å². The van der Waals surface area contributed by atoms with Crippen LogP contribution in [0.5, 0.6) is 0 Å². The second-order valence-electron chi connectivity index (χ2n) is 26.4. The molecule has 30 atom stereocenters. The lowest BCUT2D eigenvalue weighted by Crippen LogP contribution is -2.61. The minimum absolute atomic E-state index is 0.119. The van der Waals surface area contributed by atoms with Crippen LogP contribution in [0.4, 0.5) is 0 Å². The highest BCUT2D eigenvalue weighted by atomic mass is 16.7. The number of rotatable bonds is 11. The van der Waals surface area contributed by atoms with E-state index in [0.717, 1.165) is 0 Å². The number of nitrogens with zero attached hydrogens (tertiary/aromatic N) is 2. The number of carbonyl (C=O) groups excluding carboxylic acids is 2. The number of hydrogen-bond acceptors (Lipinski definition) is 22. The molecular weight excluding hydrogens is 1040 g/mol. The lowest BCUT2D eigenvalue weighted by molar-refractivity contribution is -0.302. The quantitative estimate of drug-likeness (QED) is 0.129. The first-order chi connectivity index (χ1) is 36.7. The van der Waals surface area contributed by atoms with Gasteiger partial charge in [-0.15, -0.1) is 0 Å². The van der Waals surface area contributed by atoms with Gasteiger partial charge in [-0.1, -0.05) is 55.4 Å². The summed E-state index contributed by atoms with van der Waals surface area (Å²) in [5.41, 5.74) is -7.63. The smallest absolute Gasteiger partial charge is 0.311 e. The minimum atomic E-state index is -1.97. The molecule has 80 heavy (non-hydrogen) atoms. The van der Waals surface area contributed by atoms with E-state index < -0.39 is 192 Å². The van der Waals surface area contributed by atoms with Crippen molar-refractivity contribution in [1.82, 2.24) is 9.80 Å². The van der Waals surface area contributed by atoms with Crippen LogP contribution >= 0.6 is 0 Å². The Bertz CT molecular complexity index is 1810. The summed E-state index contributed by atoms with van der Waals surface area (Å²) in [5.74, 6) is -9.43. The third-order valence-electron chi connectivity index (χ3n) is 19.2. The van der Waals surface area contributed by atoms with Gasteiger partial charge in [0.25, 0.3) is 0 Å². The van der Waals surface area contributed by atoms with Crippen LogP contribution in [0.15, 0.2) is 0 Å². The van der Waals surface area contributed by atoms with Gasteiger partial charge in [-0.2, -0.15) is 0 Å². The molecule has 4 aliphatic rings. The fraction of sp³-hybridized carbons (Fsp3) is 0.966. The van der Waals surface area contributed by atoms with Gasteiger partial charge in [-0.25, -0.2) is 0 Å². The van der Waals surface area contributed by atoms with E-state index in [1.807, 2.05) is 37.7 Å². The summed E-state index contributed by atoms with van der Waals surface area (Å²) in [6.07, 6.45) is -19.2. The second kappa shape index (κ2) is 28.2. The maximum absolute atomic E-state index is 13.6. The molecule has 4 saturated heterocycles. The normalized spacial score (nSPS) is 50.5. The van der Waals surface area contributed by atoms with Crippen molar-refractivity contribution in [2.45, 2.75) is 282 Å².